The van der Waals surface area contributed by atoms with E-state index in [4.69, 9.17) is 5.73 Å². The second-order valence-electron chi connectivity index (χ2n) is 4.44. The molecule has 0 bridgehead atoms. The van der Waals surface area contributed by atoms with Crippen molar-refractivity contribution >= 4 is 11.5 Å². The van der Waals surface area contributed by atoms with Gasteiger partial charge in [-0.05, 0) is 24.5 Å². The van der Waals surface area contributed by atoms with E-state index in [0.29, 0.717) is 11.7 Å². The SMILES string of the molecule is Nc1cncnc1N1CCCC1c1cccnc1. The number of aromatic nitrogens is 3. The molecular weight excluding hydrogens is 226 g/mol. The van der Waals surface area contributed by atoms with E-state index in [1.807, 2.05) is 12.3 Å². The zero-order valence-electron chi connectivity index (χ0n) is 10.0. The van der Waals surface area contributed by atoms with Gasteiger partial charge < -0.3 is 10.6 Å². The molecule has 3 heterocycles. The van der Waals surface area contributed by atoms with Crippen LogP contribution in [0.4, 0.5) is 11.5 Å². The van der Waals surface area contributed by atoms with Gasteiger partial charge in [0.2, 0.25) is 0 Å². The molecule has 3 rings (SSSR count). The molecule has 0 radical (unpaired) electrons. The highest BCUT2D eigenvalue weighted by atomic mass is 15.2. The van der Waals surface area contributed by atoms with Crippen LogP contribution >= 0.6 is 0 Å². The number of nitrogens with two attached hydrogens (primary N) is 1. The fourth-order valence-electron chi connectivity index (χ4n) is 2.51. The molecule has 0 spiro atoms. The first-order valence-corrected chi connectivity index (χ1v) is 6.08. The van der Waals surface area contributed by atoms with Crippen molar-refractivity contribution in [2.24, 2.45) is 0 Å². The number of hydrogen-bond donors (Lipinski definition) is 1. The van der Waals surface area contributed by atoms with E-state index in [-0.39, 0.29) is 0 Å². The summed E-state index contributed by atoms with van der Waals surface area (Å²) in [7, 11) is 0. The summed E-state index contributed by atoms with van der Waals surface area (Å²) < 4.78 is 0. The minimum absolute atomic E-state index is 0.316. The minimum atomic E-state index is 0.316. The number of pyridine rings is 1. The van der Waals surface area contributed by atoms with E-state index < -0.39 is 0 Å². The molecule has 1 unspecified atom stereocenters. The molecule has 1 aliphatic rings. The number of hydrogen-bond acceptors (Lipinski definition) is 5. The molecule has 5 nitrogen and oxygen atoms in total. The second kappa shape index (κ2) is 4.60. The van der Waals surface area contributed by atoms with E-state index in [1.165, 1.54) is 5.56 Å². The molecule has 5 heteroatoms. The Morgan fingerprint density at radius 2 is 2.22 bits per heavy atom. The van der Waals surface area contributed by atoms with Gasteiger partial charge in [-0.2, -0.15) is 0 Å². The van der Waals surface area contributed by atoms with Crippen LogP contribution in [0.15, 0.2) is 37.1 Å². The smallest absolute Gasteiger partial charge is 0.155 e. The van der Waals surface area contributed by atoms with E-state index in [9.17, 15) is 0 Å². The normalized spacial score (nSPS) is 19.1. The number of nitrogen functional groups attached to an aromatic ring is 1. The van der Waals surface area contributed by atoms with Crippen molar-refractivity contribution in [3.05, 3.63) is 42.6 Å². The van der Waals surface area contributed by atoms with Crippen molar-refractivity contribution in [3.63, 3.8) is 0 Å². The van der Waals surface area contributed by atoms with E-state index >= 15 is 0 Å². The van der Waals surface area contributed by atoms with Gasteiger partial charge in [0.25, 0.3) is 0 Å². The predicted octanol–water partition coefficient (Wildman–Crippen LogP) is 1.80. The summed E-state index contributed by atoms with van der Waals surface area (Å²) in [4.78, 5) is 14.7. The van der Waals surface area contributed by atoms with Crippen molar-refractivity contribution in [1.29, 1.82) is 0 Å². The molecule has 0 saturated carbocycles. The standard InChI is InChI=1S/C13H15N5/c14-11-8-16-9-17-13(11)18-6-2-4-12(18)10-3-1-5-15-7-10/h1,3,5,7-9,12H,2,4,6,14H2. The van der Waals surface area contributed by atoms with Gasteiger partial charge in [0.15, 0.2) is 5.82 Å². The molecule has 1 atom stereocenters. The molecule has 18 heavy (non-hydrogen) atoms. The fraction of sp³-hybridized carbons (Fsp3) is 0.308. The lowest BCUT2D eigenvalue weighted by atomic mass is 10.1. The summed E-state index contributed by atoms with van der Waals surface area (Å²) in [6.07, 6.45) is 9.16. The first-order valence-electron chi connectivity index (χ1n) is 6.08. The third kappa shape index (κ3) is 1.88. The average Bonchev–Trinajstić information content (AvgIpc) is 2.89. The van der Waals surface area contributed by atoms with Gasteiger partial charge >= 0.3 is 0 Å². The molecule has 1 fully saturated rings. The molecule has 92 valence electrons. The highest BCUT2D eigenvalue weighted by molar-refractivity contribution is 5.62. The highest BCUT2D eigenvalue weighted by Gasteiger charge is 2.28. The Hall–Kier alpha value is -2.17. The lowest BCUT2D eigenvalue weighted by molar-refractivity contribution is 0.708. The first-order chi connectivity index (χ1) is 8.86. The van der Waals surface area contributed by atoms with Crippen molar-refractivity contribution in [1.82, 2.24) is 15.0 Å². The van der Waals surface area contributed by atoms with Crippen molar-refractivity contribution in [3.8, 4) is 0 Å². The minimum Gasteiger partial charge on any atom is -0.394 e. The third-order valence-electron chi connectivity index (χ3n) is 3.31. The van der Waals surface area contributed by atoms with Gasteiger partial charge in [-0.3, -0.25) is 4.98 Å². The Morgan fingerprint density at radius 1 is 1.28 bits per heavy atom. The quantitative estimate of drug-likeness (QED) is 0.868. The summed E-state index contributed by atoms with van der Waals surface area (Å²) in [5.41, 5.74) is 7.81. The number of nitrogens with zero attached hydrogens (tertiary/aromatic N) is 4. The molecule has 0 aromatic carbocycles. The summed E-state index contributed by atoms with van der Waals surface area (Å²) >= 11 is 0. The molecule has 1 saturated heterocycles. The Balaban J connectivity index is 1.95. The summed E-state index contributed by atoms with van der Waals surface area (Å²) in [5.74, 6) is 0.830. The number of anilines is 2. The van der Waals surface area contributed by atoms with Crippen molar-refractivity contribution < 1.29 is 0 Å². The van der Waals surface area contributed by atoms with Gasteiger partial charge in [-0.15, -0.1) is 0 Å². The van der Waals surface area contributed by atoms with Crippen molar-refractivity contribution in [2.75, 3.05) is 17.2 Å². The van der Waals surface area contributed by atoms with Crippen LogP contribution in [0.2, 0.25) is 0 Å². The van der Waals surface area contributed by atoms with E-state index in [0.717, 1.165) is 25.2 Å². The van der Waals surface area contributed by atoms with Crippen LogP contribution in [0.5, 0.6) is 0 Å². The van der Waals surface area contributed by atoms with E-state index in [2.05, 4.69) is 25.9 Å². The molecule has 2 aromatic rings. The maximum absolute atomic E-state index is 5.96. The lowest BCUT2D eigenvalue weighted by Gasteiger charge is -2.26. The third-order valence-corrected chi connectivity index (χ3v) is 3.31. The van der Waals surface area contributed by atoms with Gasteiger partial charge in [-0.25, -0.2) is 9.97 Å². The number of rotatable bonds is 2. The molecule has 2 aromatic heterocycles. The van der Waals surface area contributed by atoms with Crippen LogP contribution in [0.1, 0.15) is 24.4 Å². The average molecular weight is 241 g/mol. The molecule has 0 aliphatic carbocycles. The summed E-state index contributed by atoms with van der Waals surface area (Å²) in [6, 6.07) is 4.39. The summed E-state index contributed by atoms with van der Waals surface area (Å²) in [6.45, 7) is 0.973. The first kappa shape index (κ1) is 11.0. The maximum Gasteiger partial charge on any atom is 0.155 e. The van der Waals surface area contributed by atoms with Crippen LogP contribution in [0.25, 0.3) is 0 Å². The molecule has 2 N–H and O–H groups in total. The zero-order valence-corrected chi connectivity index (χ0v) is 10.0. The van der Waals surface area contributed by atoms with Crippen LogP contribution < -0.4 is 10.6 Å². The van der Waals surface area contributed by atoms with Gasteiger partial charge in [0, 0.05) is 18.9 Å². The zero-order chi connectivity index (χ0) is 12.4. The Labute approximate surface area is 106 Å². The predicted molar refractivity (Wildman–Crippen MR) is 70.0 cm³/mol. The van der Waals surface area contributed by atoms with Gasteiger partial charge in [0.05, 0.1) is 17.9 Å². The second-order valence-corrected chi connectivity index (χ2v) is 4.44. The topological polar surface area (TPSA) is 67.9 Å². The summed E-state index contributed by atoms with van der Waals surface area (Å²) in [5, 5.41) is 0. The largest absolute Gasteiger partial charge is 0.394 e. The molecule has 0 amide bonds. The van der Waals surface area contributed by atoms with Gasteiger partial charge in [0.1, 0.15) is 6.33 Å². The Bertz CT molecular complexity index is 528. The van der Waals surface area contributed by atoms with Gasteiger partial charge in [-0.1, -0.05) is 6.07 Å². The fourth-order valence-corrected chi connectivity index (χ4v) is 2.51. The van der Waals surface area contributed by atoms with Crippen molar-refractivity contribution in [2.45, 2.75) is 18.9 Å². The van der Waals surface area contributed by atoms with Crippen LogP contribution in [-0.2, 0) is 0 Å². The Kier molecular flexibility index (Phi) is 2.80. The highest BCUT2D eigenvalue weighted by Crippen LogP contribution is 2.36. The lowest BCUT2D eigenvalue weighted by Crippen LogP contribution is -2.24. The Morgan fingerprint density at radius 3 is 3.00 bits per heavy atom. The monoisotopic (exact) mass is 241 g/mol. The van der Waals surface area contributed by atoms with Crippen LogP contribution in [0, 0.1) is 0 Å². The molecular formula is C13H15N5. The molecule has 1 aliphatic heterocycles. The van der Waals surface area contributed by atoms with Crippen LogP contribution in [-0.4, -0.2) is 21.5 Å². The maximum atomic E-state index is 5.96. The van der Waals surface area contributed by atoms with E-state index in [1.54, 1.807) is 18.7 Å². The van der Waals surface area contributed by atoms with Crippen LogP contribution in [0.3, 0.4) is 0 Å².